The van der Waals surface area contributed by atoms with Crippen LogP contribution < -0.4 is 0 Å². The number of benzene rings is 2. The molecule has 0 saturated heterocycles. The Bertz CT molecular complexity index is 953. The van der Waals surface area contributed by atoms with Gasteiger partial charge in [0.15, 0.2) is 5.16 Å². The van der Waals surface area contributed by atoms with Gasteiger partial charge in [-0.2, -0.15) is 0 Å². The van der Waals surface area contributed by atoms with E-state index in [4.69, 9.17) is 0 Å². The number of carboxylic acids is 1. The van der Waals surface area contributed by atoms with Gasteiger partial charge in [0.2, 0.25) is 4.73 Å². The quantitative estimate of drug-likeness (QED) is 0.616. The monoisotopic (exact) mass is 419 g/mol. The van der Waals surface area contributed by atoms with Crippen molar-refractivity contribution in [2.75, 3.05) is 0 Å². The number of aryl methyl sites for hydroxylation is 1. The van der Waals surface area contributed by atoms with Gasteiger partial charge < -0.3 is 5.11 Å². The molecule has 0 bridgehead atoms. The maximum atomic E-state index is 11.4. The highest BCUT2D eigenvalue weighted by atomic mass is 79.9. The minimum absolute atomic E-state index is 0.562. The second kappa shape index (κ2) is 6.80. The molecule has 1 heterocycles. The van der Waals surface area contributed by atoms with E-state index in [2.05, 4.69) is 57.3 Å². The van der Waals surface area contributed by atoms with Crippen LogP contribution in [0.5, 0.6) is 0 Å². The highest BCUT2D eigenvalue weighted by Crippen LogP contribution is 2.33. The Hall–Kier alpha value is -1.86. The molecule has 0 aliphatic carbocycles. The van der Waals surface area contributed by atoms with Crippen LogP contribution in [-0.4, -0.2) is 30.6 Å². The zero-order valence-electron chi connectivity index (χ0n) is 14.2. The summed E-state index contributed by atoms with van der Waals surface area (Å²) in [6, 6.07) is 12.5. The van der Waals surface area contributed by atoms with Crippen molar-refractivity contribution >= 4 is 44.4 Å². The van der Waals surface area contributed by atoms with Crippen molar-refractivity contribution in [1.82, 2.24) is 14.8 Å². The van der Waals surface area contributed by atoms with Crippen molar-refractivity contribution in [3.8, 4) is 0 Å². The summed E-state index contributed by atoms with van der Waals surface area (Å²) >= 11 is 4.62. The lowest BCUT2D eigenvalue weighted by Crippen LogP contribution is -2.27. The molecule has 2 aromatic carbocycles. The van der Waals surface area contributed by atoms with Gasteiger partial charge in [0.05, 0.1) is 6.54 Å². The first kappa shape index (κ1) is 17.9. The Kier molecular flexibility index (Phi) is 4.88. The Morgan fingerprint density at radius 2 is 1.88 bits per heavy atom. The van der Waals surface area contributed by atoms with E-state index in [1.165, 1.54) is 28.1 Å². The summed E-state index contributed by atoms with van der Waals surface area (Å²) in [5.74, 6) is -0.885. The van der Waals surface area contributed by atoms with Crippen LogP contribution in [0.2, 0.25) is 0 Å². The molecule has 1 aromatic heterocycles. The molecule has 0 radical (unpaired) electrons. The number of aromatic nitrogens is 3. The molecule has 0 fully saturated rings. The van der Waals surface area contributed by atoms with Crippen molar-refractivity contribution in [1.29, 1.82) is 0 Å². The average Bonchev–Trinajstić information content (AvgIpc) is 2.90. The smallest absolute Gasteiger partial charge is 0.319 e. The number of carbonyl (C=O) groups is 1. The third-order valence-electron chi connectivity index (χ3n) is 4.09. The van der Waals surface area contributed by atoms with E-state index in [1.54, 1.807) is 13.8 Å². The molecule has 5 nitrogen and oxygen atoms in total. The van der Waals surface area contributed by atoms with Crippen LogP contribution in [0, 0.1) is 6.92 Å². The molecule has 0 unspecified atom stereocenters. The van der Waals surface area contributed by atoms with Crippen LogP contribution in [-0.2, 0) is 11.3 Å². The predicted octanol–water partition coefficient (Wildman–Crippen LogP) is 4.51. The van der Waals surface area contributed by atoms with Crippen molar-refractivity contribution < 1.29 is 9.90 Å². The molecule has 0 aliphatic rings. The maximum absolute atomic E-state index is 11.4. The van der Waals surface area contributed by atoms with Crippen LogP contribution in [0.3, 0.4) is 0 Å². The van der Waals surface area contributed by atoms with Gasteiger partial charge in [-0.3, -0.25) is 9.36 Å². The minimum atomic E-state index is -0.987. The normalized spacial score (nSPS) is 11.8. The first-order chi connectivity index (χ1) is 11.8. The minimum Gasteiger partial charge on any atom is -0.480 e. The number of hydrogen-bond donors (Lipinski definition) is 1. The number of fused-ring (bicyclic) bond motifs is 1. The number of nitrogens with zero attached hydrogens (tertiary/aromatic N) is 3. The van der Waals surface area contributed by atoms with Crippen molar-refractivity contribution in [2.24, 2.45) is 0 Å². The molecule has 130 valence electrons. The van der Waals surface area contributed by atoms with Crippen molar-refractivity contribution in [3.05, 3.63) is 52.3 Å². The first-order valence-electron chi connectivity index (χ1n) is 7.78. The molecule has 0 aliphatic heterocycles. The molecule has 0 saturated carbocycles. The Labute approximate surface area is 158 Å². The second-order valence-corrected chi connectivity index (χ2v) is 8.64. The summed E-state index contributed by atoms with van der Waals surface area (Å²) in [7, 11) is 0. The highest BCUT2D eigenvalue weighted by Gasteiger charge is 2.31. The first-order valence-corrected chi connectivity index (χ1v) is 9.39. The summed E-state index contributed by atoms with van der Waals surface area (Å²) < 4.78 is 1.49. The van der Waals surface area contributed by atoms with E-state index >= 15 is 0 Å². The van der Waals surface area contributed by atoms with Crippen LogP contribution in [0.1, 0.15) is 25.0 Å². The number of rotatable bonds is 5. The van der Waals surface area contributed by atoms with E-state index in [0.29, 0.717) is 16.4 Å². The molecule has 0 spiro atoms. The second-order valence-electron chi connectivity index (χ2n) is 6.34. The lowest BCUT2D eigenvalue weighted by molar-refractivity contribution is -0.138. The molecule has 3 aromatic rings. The fourth-order valence-electron chi connectivity index (χ4n) is 2.57. The van der Waals surface area contributed by atoms with Crippen molar-refractivity contribution in [2.45, 2.75) is 37.2 Å². The largest absolute Gasteiger partial charge is 0.480 e. The molecule has 7 heteroatoms. The van der Waals surface area contributed by atoms with E-state index in [1.807, 2.05) is 16.7 Å². The number of hydrogen-bond acceptors (Lipinski definition) is 4. The summed E-state index contributed by atoms with van der Waals surface area (Å²) in [5, 5.41) is 20.5. The standard InChI is InChI=1S/C18H18BrN3O2S/c1-11-8-9-12(14-7-5-4-6-13(11)14)10-22-16(19)20-21-17(22)25-18(2,3)15(23)24/h4-9H,10H2,1-3H3,(H,23,24). The molecule has 25 heavy (non-hydrogen) atoms. The van der Waals surface area contributed by atoms with Crippen LogP contribution in [0.15, 0.2) is 46.3 Å². The molecule has 1 N–H and O–H groups in total. The lowest BCUT2D eigenvalue weighted by atomic mass is 10.0. The van der Waals surface area contributed by atoms with Crippen LogP contribution in [0.25, 0.3) is 10.8 Å². The van der Waals surface area contributed by atoms with Gasteiger partial charge >= 0.3 is 5.97 Å². The van der Waals surface area contributed by atoms with Gasteiger partial charge in [-0.15, -0.1) is 10.2 Å². The van der Waals surface area contributed by atoms with Crippen molar-refractivity contribution in [3.63, 3.8) is 0 Å². The van der Waals surface area contributed by atoms with Gasteiger partial charge in [0.25, 0.3) is 0 Å². The topological polar surface area (TPSA) is 68.0 Å². The Balaban J connectivity index is 2.01. The fraction of sp³-hybridized carbons (Fsp3) is 0.278. The third-order valence-corrected chi connectivity index (χ3v) is 5.85. The Morgan fingerprint density at radius 1 is 1.20 bits per heavy atom. The zero-order chi connectivity index (χ0) is 18.2. The Morgan fingerprint density at radius 3 is 2.56 bits per heavy atom. The molecule has 0 amide bonds. The summed E-state index contributed by atoms with van der Waals surface area (Å²) in [4.78, 5) is 11.4. The predicted molar refractivity (Wildman–Crippen MR) is 103 cm³/mol. The molecule has 3 rings (SSSR count). The van der Waals surface area contributed by atoms with Gasteiger partial charge in [-0.25, -0.2) is 0 Å². The summed E-state index contributed by atoms with van der Waals surface area (Å²) in [6.07, 6.45) is 0. The molecular formula is C18H18BrN3O2S. The van der Waals surface area contributed by atoms with E-state index in [-0.39, 0.29) is 0 Å². The zero-order valence-corrected chi connectivity index (χ0v) is 16.6. The number of aliphatic carboxylic acids is 1. The third kappa shape index (κ3) is 3.57. The number of carboxylic acid groups (broad SMARTS) is 1. The highest BCUT2D eigenvalue weighted by molar-refractivity contribution is 9.10. The van der Waals surface area contributed by atoms with Gasteiger partial charge in [-0.05, 0) is 58.6 Å². The van der Waals surface area contributed by atoms with Gasteiger partial charge in [0.1, 0.15) is 4.75 Å². The fourth-order valence-corrected chi connectivity index (χ4v) is 3.95. The molecule has 0 atom stereocenters. The number of thioether (sulfide) groups is 1. The summed E-state index contributed by atoms with van der Waals surface area (Å²) in [5.41, 5.74) is 2.36. The van der Waals surface area contributed by atoms with Gasteiger partial charge in [-0.1, -0.05) is 48.2 Å². The SMILES string of the molecule is Cc1ccc(Cn2c(Br)nnc2SC(C)(C)C(=O)O)c2ccccc12. The van der Waals surface area contributed by atoms with Crippen LogP contribution >= 0.6 is 27.7 Å². The lowest BCUT2D eigenvalue weighted by Gasteiger charge is -2.18. The van der Waals surface area contributed by atoms with E-state index in [9.17, 15) is 9.90 Å². The van der Waals surface area contributed by atoms with Crippen LogP contribution in [0.4, 0.5) is 0 Å². The number of halogens is 1. The van der Waals surface area contributed by atoms with E-state index in [0.717, 1.165) is 5.56 Å². The van der Waals surface area contributed by atoms with E-state index < -0.39 is 10.7 Å². The average molecular weight is 420 g/mol. The molecular weight excluding hydrogens is 402 g/mol. The maximum Gasteiger partial charge on any atom is 0.319 e. The summed E-state index contributed by atoms with van der Waals surface area (Å²) in [6.45, 7) is 5.98. The van der Waals surface area contributed by atoms with Gasteiger partial charge in [0, 0.05) is 0 Å².